The minimum atomic E-state index is -0.753. The van der Waals surface area contributed by atoms with E-state index < -0.39 is 5.60 Å². The molecule has 0 N–H and O–H groups in total. The molecule has 0 radical (unpaired) electrons. The zero-order chi connectivity index (χ0) is 21.0. The molecule has 1 heterocycles. The van der Waals surface area contributed by atoms with E-state index in [1.165, 1.54) is 0 Å². The Morgan fingerprint density at radius 2 is 1.47 bits per heavy atom. The molecular formula is C26H25NO3. The Morgan fingerprint density at radius 1 is 0.867 bits per heavy atom. The van der Waals surface area contributed by atoms with Gasteiger partial charge in [0.15, 0.2) is 5.60 Å². The Hall–Kier alpha value is -3.53. The first-order valence-electron chi connectivity index (χ1n) is 10.3. The first-order valence-corrected chi connectivity index (χ1v) is 10.3. The number of benzene rings is 3. The summed E-state index contributed by atoms with van der Waals surface area (Å²) in [4.78, 5) is 14.1. The molecule has 0 atom stereocenters. The van der Waals surface area contributed by atoms with Crippen molar-refractivity contribution in [3.8, 4) is 11.5 Å². The van der Waals surface area contributed by atoms with Gasteiger partial charge in [-0.3, -0.25) is 0 Å². The molecule has 1 aliphatic heterocycles. The Morgan fingerprint density at radius 3 is 2.03 bits per heavy atom. The van der Waals surface area contributed by atoms with E-state index in [0.717, 1.165) is 16.7 Å². The van der Waals surface area contributed by atoms with Crippen LogP contribution in [0.15, 0.2) is 84.9 Å². The number of carbonyl (C=O) groups is 1. The van der Waals surface area contributed by atoms with Crippen LogP contribution in [0.3, 0.4) is 0 Å². The van der Waals surface area contributed by atoms with Gasteiger partial charge < -0.3 is 14.4 Å². The van der Waals surface area contributed by atoms with Gasteiger partial charge in [0.1, 0.15) is 11.5 Å². The average molecular weight is 399 g/mol. The third kappa shape index (κ3) is 3.57. The van der Waals surface area contributed by atoms with Crippen LogP contribution < -0.4 is 9.47 Å². The van der Waals surface area contributed by atoms with Crippen molar-refractivity contribution in [2.75, 3.05) is 13.1 Å². The summed E-state index contributed by atoms with van der Waals surface area (Å²) >= 11 is 0. The fourth-order valence-electron chi connectivity index (χ4n) is 3.76. The number of carbonyl (C=O) groups excluding carboxylic acids is 1. The van der Waals surface area contributed by atoms with Crippen molar-refractivity contribution in [1.82, 2.24) is 4.90 Å². The maximum atomic E-state index is 12.5. The van der Waals surface area contributed by atoms with Crippen LogP contribution in [-0.2, 0) is 5.60 Å². The van der Waals surface area contributed by atoms with Crippen LogP contribution in [0, 0.1) is 0 Å². The topological polar surface area (TPSA) is 38.8 Å². The van der Waals surface area contributed by atoms with Gasteiger partial charge in [0, 0.05) is 24.2 Å². The molecular weight excluding hydrogens is 374 g/mol. The molecule has 0 aliphatic carbocycles. The van der Waals surface area contributed by atoms with Gasteiger partial charge in [-0.2, -0.15) is 0 Å². The average Bonchev–Trinajstić information content (AvgIpc) is 2.81. The van der Waals surface area contributed by atoms with Gasteiger partial charge in [0.05, 0.1) is 5.56 Å². The van der Waals surface area contributed by atoms with Gasteiger partial charge in [-0.15, -0.1) is 0 Å². The molecule has 4 rings (SSSR count). The van der Waals surface area contributed by atoms with Crippen LogP contribution in [-0.4, -0.2) is 24.1 Å². The zero-order valence-corrected chi connectivity index (χ0v) is 17.2. The van der Waals surface area contributed by atoms with Crippen LogP contribution in [0.25, 0.3) is 6.08 Å². The lowest BCUT2D eigenvalue weighted by Crippen LogP contribution is -2.35. The summed E-state index contributed by atoms with van der Waals surface area (Å²) in [7, 11) is 0. The monoisotopic (exact) mass is 399 g/mol. The van der Waals surface area contributed by atoms with E-state index >= 15 is 0 Å². The Kier molecular flexibility index (Phi) is 5.57. The summed E-state index contributed by atoms with van der Waals surface area (Å²) < 4.78 is 12.3. The van der Waals surface area contributed by atoms with E-state index in [1.54, 1.807) is 11.0 Å². The van der Waals surface area contributed by atoms with Crippen LogP contribution in [0.5, 0.6) is 11.5 Å². The highest BCUT2D eigenvalue weighted by Gasteiger charge is 2.37. The molecule has 0 bridgehead atoms. The van der Waals surface area contributed by atoms with Crippen LogP contribution in [0.4, 0.5) is 4.79 Å². The van der Waals surface area contributed by atoms with Gasteiger partial charge in [0.2, 0.25) is 0 Å². The predicted octanol–water partition coefficient (Wildman–Crippen LogP) is 5.88. The van der Waals surface area contributed by atoms with Crippen LogP contribution >= 0.6 is 0 Å². The van der Waals surface area contributed by atoms with Gasteiger partial charge in [-0.05, 0) is 38.1 Å². The summed E-state index contributed by atoms with van der Waals surface area (Å²) in [5, 5.41) is 0. The van der Waals surface area contributed by atoms with E-state index in [4.69, 9.17) is 9.47 Å². The highest BCUT2D eigenvalue weighted by atomic mass is 16.6. The normalized spacial score (nSPS) is 13.8. The molecule has 0 unspecified atom stereocenters. The van der Waals surface area contributed by atoms with Crippen molar-refractivity contribution in [2.24, 2.45) is 0 Å². The molecule has 0 saturated heterocycles. The third-order valence-corrected chi connectivity index (χ3v) is 5.41. The first-order chi connectivity index (χ1) is 14.7. The number of ether oxygens (including phenoxy) is 2. The largest absolute Gasteiger partial charge is 0.473 e. The van der Waals surface area contributed by atoms with Crippen molar-refractivity contribution in [3.63, 3.8) is 0 Å². The summed E-state index contributed by atoms with van der Waals surface area (Å²) in [6, 6.07) is 25.8. The summed E-state index contributed by atoms with van der Waals surface area (Å²) in [5.74, 6) is 1.17. The first kappa shape index (κ1) is 19.8. The summed E-state index contributed by atoms with van der Waals surface area (Å²) in [6.45, 7) is 5.06. The molecule has 0 aromatic heterocycles. The molecule has 0 saturated carbocycles. The van der Waals surface area contributed by atoms with Crippen molar-refractivity contribution in [1.29, 1.82) is 0 Å². The molecule has 0 spiro atoms. The Bertz CT molecular complexity index is 1000. The molecule has 30 heavy (non-hydrogen) atoms. The zero-order valence-electron chi connectivity index (χ0n) is 17.2. The SMILES string of the molecule is CCN(CC)C(=O)Oc1cccc2c1C=CC(c1ccccc1)(c1ccccc1)O2. The Balaban J connectivity index is 1.76. The van der Waals surface area contributed by atoms with Gasteiger partial charge in [-0.1, -0.05) is 66.7 Å². The van der Waals surface area contributed by atoms with E-state index in [-0.39, 0.29) is 6.09 Å². The number of hydrogen-bond acceptors (Lipinski definition) is 3. The smallest absolute Gasteiger partial charge is 0.415 e. The van der Waals surface area contributed by atoms with Gasteiger partial charge in [-0.25, -0.2) is 4.79 Å². The number of rotatable bonds is 5. The fraction of sp³-hybridized carbons (Fsp3) is 0.192. The molecule has 152 valence electrons. The maximum absolute atomic E-state index is 12.5. The van der Waals surface area contributed by atoms with Crippen molar-refractivity contribution in [3.05, 3.63) is 102 Å². The van der Waals surface area contributed by atoms with Crippen molar-refractivity contribution < 1.29 is 14.3 Å². The molecule has 1 aliphatic rings. The molecule has 1 amide bonds. The third-order valence-electron chi connectivity index (χ3n) is 5.41. The minimum Gasteiger partial charge on any atom is -0.473 e. The molecule has 4 heteroatoms. The Labute approximate surface area is 177 Å². The summed E-state index contributed by atoms with van der Waals surface area (Å²) in [5.41, 5.74) is 2.07. The molecule has 0 fully saturated rings. The maximum Gasteiger partial charge on any atom is 0.415 e. The van der Waals surface area contributed by atoms with Crippen molar-refractivity contribution in [2.45, 2.75) is 19.4 Å². The van der Waals surface area contributed by atoms with Crippen LogP contribution in [0.2, 0.25) is 0 Å². The van der Waals surface area contributed by atoms with E-state index in [2.05, 4.69) is 24.3 Å². The second-order valence-corrected chi connectivity index (χ2v) is 7.11. The standard InChI is InChI=1S/C26H25NO3/c1-3-27(4-2)25(28)29-23-16-11-17-24-22(23)18-19-26(30-24,20-12-7-5-8-13-20)21-14-9-6-10-15-21/h5-19H,3-4H2,1-2H3. The fourth-order valence-corrected chi connectivity index (χ4v) is 3.76. The quantitative estimate of drug-likeness (QED) is 0.538. The second kappa shape index (κ2) is 8.46. The predicted molar refractivity (Wildman–Crippen MR) is 119 cm³/mol. The second-order valence-electron chi connectivity index (χ2n) is 7.11. The van der Waals surface area contributed by atoms with Crippen molar-refractivity contribution >= 4 is 12.2 Å². The number of fused-ring (bicyclic) bond motifs is 1. The lowest BCUT2D eigenvalue weighted by molar-refractivity contribution is 0.152. The summed E-state index contributed by atoms with van der Waals surface area (Å²) in [6.07, 6.45) is 3.67. The van der Waals surface area contributed by atoms with E-state index in [9.17, 15) is 4.79 Å². The number of amides is 1. The van der Waals surface area contributed by atoms with Gasteiger partial charge >= 0.3 is 6.09 Å². The molecule has 4 nitrogen and oxygen atoms in total. The van der Waals surface area contributed by atoms with E-state index in [0.29, 0.717) is 24.6 Å². The van der Waals surface area contributed by atoms with Gasteiger partial charge in [0.25, 0.3) is 0 Å². The highest BCUT2D eigenvalue weighted by Crippen LogP contribution is 2.44. The lowest BCUT2D eigenvalue weighted by atomic mass is 9.83. The highest BCUT2D eigenvalue weighted by molar-refractivity contribution is 5.76. The molecule has 3 aromatic carbocycles. The minimum absolute atomic E-state index is 0.357. The van der Waals surface area contributed by atoms with Crippen LogP contribution in [0.1, 0.15) is 30.5 Å². The lowest BCUT2D eigenvalue weighted by Gasteiger charge is -2.36. The molecule has 3 aromatic rings. The number of hydrogen-bond donors (Lipinski definition) is 0. The van der Waals surface area contributed by atoms with E-state index in [1.807, 2.05) is 74.5 Å². The number of nitrogens with zero attached hydrogens (tertiary/aromatic N) is 1.